The summed E-state index contributed by atoms with van der Waals surface area (Å²) in [5.74, 6) is 1.77. The summed E-state index contributed by atoms with van der Waals surface area (Å²) in [7, 11) is 0. The summed E-state index contributed by atoms with van der Waals surface area (Å²) in [5, 5.41) is 4.85. The van der Waals surface area contributed by atoms with Crippen LogP contribution < -0.4 is 9.30 Å². The van der Waals surface area contributed by atoms with Crippen LogP contribution in [-0.2, 0) is 6.54 Å². The number of hydrogen-bond donors (Lipinski definition) is 1. The van der Waals surface area contributed by atoms with E-state index >= 15 is 0 Å². The minimum atomic E-state index is 0.718. The number of aromatic amines is 1. The third-order valence-electron chi connectivity index (χ3n) is 6.36. The van der Waals surface area contributed by atoms with Gasteiger partial charge in [-0.2, -0.15) is 0 Å². The van der Waals surface area contributed by atoms with E-state index < -0.39 is 0 Å². The second-order valence-corrected chi connectivity index (χ2v) is 8.59. The fourth-order valence-electron chi connectivity index (χ4n) is 4.64. The number of aryl methyl sites for hydroxylation is 1. The number of nitrogens with one attached hydrogen (secondary N) is 1. The van der Waals surface area contributed by atoms with Crippen LogP contribution in [0.25, 0.3) is 44.0 Å². The molecule has 0 atom stereocenters. The van der Waals surface area contributed by atoms with Crippen LogP contribution in [0.4, 0.5) is 0 Å². The van der Waals surface area contributed by atoms with E-state index in [4.69, 9.17) is 9.72 Å². The molecule has 0 unspecified atom stereocenters. The van der Waals surface area contributed by atoms with E-state index in [1.54, 1.807) is 0 Å². The molecule has 2 aromatic heterocycles. The molecule has 4 aromatic carbocycles. The summed E-state index contributed by atoms with van der Waals surface area (Å²) >= 11 is 0. The van der Waals surface area contributed by atoms with Gasteiger partial charge in [-0.05, 0) is 41.5 Å². The first kappa shape index (κ1) is 20.4. The van der Waals surface area contributed by atoms with Gasteiger partial charge in [-0.15, -0.1) is 0 Å². The zero-order valence-corrected chi connectivity index (χ0v) is 18.9. The number of hydrogen-bond acceptors (Lipinski definition) is 2. The first-order valence-corrected chi connectivity index (χ1v) is 11.8. The molecule has 4 nitrogen and oxygen atoms in total. The number of unbranched alkanes of at least 4 members (excludes halogenated alkanes) is 1. The Morgan fingerprint density at radius 1 is 0.676 bits per heavy atom. The van der Waals surface area contributed by atoms with Crippen LogP contribution in [0.2, 0.25) is 0 Å². The number of H-pyrrole nitrogens is 1. The molecule has 166 valence electrons. The van der Waals surface area contributed by atoms with Gasteiger partial charge in [0.05, 0.1) is 17.6 Å². The Hall–Kier alpha value is -4.18. The molecule has 6 aromatic rings. The molecule has 0 saturated heterocycles. The number of ether oxygens (including phenoxy) is 1. The van der Waals surface area contributed by atoms with Crippen molar-refractivity contribution in [2.24, 2.45) is 0 Å². The molecule has 1 N–H and O–H groups in total. The number of benzene rings is 4. The van der Waals surface area contributed by atoms with Crippen molar-refractivity contribution in [3.63, 3.8) is 0 Å². The molecule has 2 heterocycles. The van der Waals surface area contributed by atoms with Crippen LogP contribution in [-0.4, -0.2) is 16.6 Å². The van der Waals surface area contributed by atoms with E-state index in [0.29, 0.717) is 0 Å². The average molecular weight is 445 g/mol. The van der Waals surface area contributed by atoms with Crippen LogP contribution in [0.15, 0.2) is 103 Å². The van der Waals surface area contributed by atoms with Crippen LogP contribution in [0.1, 0.15) is 12.8 Å². The van der Waals surface area contributed by atoms with Crippen molar-refractivity contribution in [1.82, 2.24) is 9.97 Å². The normalized spacial score (nSPS) is 11.4. The maximum absolute atomic E-state index is 5.97. The lowest BCUT2D eigenvalue weighted by Crippen LogP contribution is -2.32. The number of pyridine rings is 1. The number of nitrogens with zero attached hydrogens (tertiary/aromatic N) is 2. The fraction of sp³-hybridized carbons (Fsp3) is 0.133. The van der Waals surface area contributed by atoms with Gasteiger partial charge in [0.25, 0.3) is 0 Å². The maximum Gasteiger partial charge on any atom is 0.168 e. The molecular formula is C30H26N3O+. The lowest BCUT2D eigenvalue weighted by atomic mass is 10.0. The lowest BCUT2D eigenvalue weighted by Gasteiger charge is -2.06. The molecule has 0 aliphatic carbocycles. The molecule has 0 spiro atoms. The van der Waals surface area contributed by atoms with Gasteiger partial charge in [-0.25, -0.2) is 9.55 Å². The average Bonchev–Trinajstić information content (AvgIpc) is 3.36. The number of rotatable bonds is 7. The Morgan fingerprint density at radius 2 is 1.35 bits per heavy atom. The molecule has 0 saturated carbocycles. The van der Waals surface area contributed by atoms with Crippen molar-refractivity contribution < 1.29 is 9.30 Å². The molecule has 6 rings (SSSR count). The van der Waals surface area contributed by atoms with E-state index in [1.807, 2.05) is 18.2 Å². The topological polar surface area (TPSA) is 41.8 Å². The zero-order valence-electron chi connectivity index (χ0n) is 18.9. The van der Waals surface area contributed by atoms with Crippen molar-refractivity contribution in [2.75, 3.05) is 6.61 Å². The molecule has 0 radical (unpaired) electrons. The van der Waals surface area contributed by atoms with E-state index in [-0.39, 0.29) is 0 Å². The molecule has 34 heavy (non-hydrogen) atoms. The first-order chi connectivity index (χ1) is 16.9. The Bertz CT molecular complexity index is 1500. The predicted octanol–water partition coefficient (Wildman–Crippen LogP) is 6.68. The molecule has 0 fully saturated rings. The second kappa shape index (κ2) is 8.99. The highest BCUT2D eigenvalue weighted by Crippen LogP contribution is 2.35. The van der Waals surface area contributed by atoms with Gasteiger partial charge in [-0.1, -0.05) is 54.6 Å². The van der Waals surface area contributed by atoms with Crippen molar-refractivity contribution in [1.29, 1.82) is 0 Å². The van der Waals surface area contributed by atoms with Gasteiger partial charge in [0.15, 0.2) is 12.4 Å². The maximum atomic E-state index is 5.97. The molecule has 0 bridgehead atoms. The summed E-state index contributed by atoms with van der Waals surface area (Å²) in [6, 6.07) is 31.4. The second-order valence-electron chi connectivity index (χ2n) is 8.59. The van der Waals surface area contributed by atoms with Gasteiger partial charge >= 0.3 is 0 Å². The summed E-state index contributed by atoms with van der Waals surface area (Å²) in [4.78, 5) is 8.60. The highest BCUT2D eigenvalue weighted by Gasteiger charge is 2.13. The van der Waals surface area contributed by atoms with Gasteiger partial charge in [-0.3, -0.25) is 0 Å². The van der Waals surface area contributed by atoms with E-state index in [2.05, 4.69) is 94.7 Å². The Morgan fingerprint density at radius 3 is 2.12 bits per heavy atom. The largest absolute Gasteiger partial charge is 0.494 e. The Balaban J connectivity index is 1.20. The van der Waals surface area contributed by atoms with Gasteiger partial charge in [0.1, 0.15) is 18.1 Å². The fourth-order valence-corrected chi connectivity index (χ4v) is 4.64. The standard InChI is InChI=1S/C30H26N3O/c1-6-18-33(19-7-1)20-8-9-21-34-23-16-14-22(15-17-23)30-31-28-26-12-4-2-10-24(26)25-11-3-5-13-27(25)29(28)32-30/h1-7,10-19H,8-9,20-21H2,(H,31,32)/q+1. The molecule has 0 amide bonds. The van der Waals surface area contributed by atoms with Crippen molar-refractivity contribution >= 4 is 32.6 Å². The van der Waals surface area contributed by atoms with Gasteiger partial charge in [0, 0.05) is 34.9 Å². The first-order valence-electron chi connectivity index (χ1n) is 11.8. The van der Waals surface area contributed by atoms with Crippen molar-refractivity contribution in [3.8, 4) is 17.1 Å². The quantitative estimate of drug-likeness (QED) is 0.169. The summed E-state index contributed by atoms with van der Waals surface area (Å²) < 4.78 is 8.17. The highest BCUT2D eigenvalue weighted by atomic mass is 16.5. The van der Waals surface area contributed by atoms with Crippen LogP contribution in [0.3, 0.4) is 0 Å². The van der Waals surface area contributed by atoms with E-state index in [0.717, 1.165) is 54.2 Å². The van der Waals surface area contributed by atoms with Crippen molar-refractivity contribution in [3.05, 3.63) is 103 Å². The summed E-state index contributed by atoms with van der Waals surface area (Å²) in [5.41, 5.74) is 3.15. The molecule has 4 heteroatoms. The van der Waals surface area contributed by atoms with Crippen LogP contribution in [0.5, 0.6) is 5.75 Å². The monoisotopic (exact) mass is 444 g/mol. The van der Waals surface area contributed by atoms with Crippen LogP contribution in [0, 0.1) is 0 Å². The smallest absolute Gasteiger partial charge is 0.168 e. The number of fused-ring (bicyclic) bond motifs is 6. The minimum Gasteiger partial charge on any atom is -0.494 e. The minimum absolute atomic E-state index is 0.718. The third-order valence-corrected chi connectivity index (χ3v) is 6.36. The highest BCUT2D eigenvalue weighted by molar-refractivity contribution is 6.23. The van der Waals surface area contributed by atoms with Gasteiger partial charge < -0.3 is 9.72 Å². The van der Waals surface area contributed by atoms with Gasteiger partial charge in [0.2, 0.25) is 0 Å². The van der Waals surface area contributed by atoms with E-state index in [9.17, 15) is 0 Å². The number of aromatic nitrogens is 3. The number of imidazole rings is 1. The zero-order chi connectivity index (χ0) is 22.7. The Kier molecular flexibility index (Phi) is 5.40. The third kappa shape index (κ3) is 3.88. The Labute approximate surface area is 198 Å². The molecule has 0 aliphatic heterocycles. The predicted molar refractivity (Wildman–Crippen MR) is 138 cm³/mol. The van der Waals surface area contributed by atoms with E-state index in [1.165, 1.54) is 21.5 Å². The summed E-state index contributed by atoms with van der Waals surface area (Å²) in [6.07, 6.45) is 6.31. The van der Waals surface area contributed by atoms with Crippen molar-refractivity contribution in [2.45, 2.75) is 19.4 Å². The summed E-state index contributed by atoms with van der Waals surface area (Å²) in [6.45, 7) is 1.73. The molecular weight excluding hydrogens is 418 g/mol. The molecule has 0 aliphatic rings. The lowest BCUT2D eigenvalue weighted by molar-refractivity contribution is -0.697. The SMILES string of the molecule is c1cc[n+](CCCCOc2ccc(-c3nc4c5ccccc5c5ccccc5c4[nH]3)cc2)cc1. The van der Waals surface area contributed by atoms with Crippen LogP contribution >= 0.6 is 0 Å².